The van der Waals surface area contributed by atoms with Crippen molar-refractivity contribution in [1.29, 1.82) is 0 Å². The zero-order valence-electron chi connectivity index (χ0n) is 30.0. The van der Waals surface area contributed by atoms with Crippen molar-refractivity contribution in [1.82, 2.24) is 4.57 Å². The van der Waals surface area contributed by atoms with Crippen LogP contribution < -0.4 is 4.57 Å². The van der Waals surface area contributed by atoms with Crippen LogP contribution in [-0.4, -0.2) is 64.0 Å². The molecule has 1 aromatic heterocycles. The Morgan fingerprint density at radius 3 is 1.78 bits per heavy atom. The minimum Gasteiger partial charge on any atom is -0.726 e. The van der Waals surface area contributed by atoms with Crippen molar-refractivity contribution < 1.29 is 62.4 Å². The van der Waals surface area contributed by atoms with E-state index in [2.05, 4.69) is 11.1 Å². The molecular weight excluding hydrogens is 738 g/mol. The summed E-state index contributed by atoms with van der Waals surface area (Å²) >= 11 is 0. The van der Waals surface area contributed by atoms with Gasteiger partial charge in [0, 0.05) is 19.6 Å². The van der Waals surface area contributed by atoms with Crippen molar-refractivity contribution in [2.45, 2.75) is 83.7 Å². The van der Waals surface area contributed by atoms with Gasteiger partial charge in [0.2, 0.25) is 19.3 Å². The number of para-hydroxylation sites is 2. The Balaban J connectivity index is 0.000000710. The number of unbranched alkanes of at least 4 members (excludes halogenated alkanes) is 5. The largest absolute Gasteiger partial charge is 0.726 e. The molecule has 2 aromatic carbocycles. The molecule has 18 heteroatoms. The first-order valence-corrected chi connectivity index (χ1v) is 20.2. The number of rotatable bonds is 14. The summed E-state index contributed by atoms with van der Waals surface area (Å²) in [5, 5.41) is 0. The number of carbonyl (C=O) groups is 2. The molecule has 0 spiro atoms. The number of nitrogens with zero attached hydrogens (tertiary/aromatic N) is 2. The Hall–Kier alpha value is -3.19. The second-order valence-corrected chi connectivity index (χ2v) is 16.1. The maximum atomic E-state index is 12.7. The van der Waals surface area contributed by atoms with E-state index in [9.17, 15) is 44.1 Å². The highest BCUT2D eigenvalue weighted by Crippen LogP contribution is 2.29. The van der Waals surface area contributed by atoms with E-state index in [1.165, 1.54) is 47.2 Å². The summed E-state index contributed by atoms with van der Waals surface area (Å²) in [7, 11) is -3.05. The summed E-state index contributed by atoms with van der Waals surface area (Å²) in [4.78, 5) is 21.1. The van der Waals surface area contributed by atoms with Crippen LogP contribution >= 0.6 is 10.8 Å². The number of esters is 2. The van der Waals surface area contributed by atoms with Crippen molar-refractivity contribution in [3.63, 3.8) is 0 Å². The van der Waals surface area contributed by atoms with Gasteiger partial charge in [-0.3, -0.25) is 13.8 Å². The van der Waals surface area contributed by atoms with Gasteiger partial charge in [0.05, 0.1) is 39.3 Å². The van der Waals surface area contributed by atoms with E-state index in [-0.39, 0.29) is 11.9 Å². The highest BCUT2D eigenvalue weighted by Gasteiger charge is 2.45. The highest BCUT2D eigenvalue weighted by molar-refractivity contribution is 8.72. The SMILES string of the molecule is CC(=O)OCCCCCSS(=O)(=O)c1ccc(C)cc1.CCCCCCOC(C)=O.COS(=O)(=O)[O-].Cn1c(C(F)(F)F)[n+](C)c2ccccc21. The second-order valence-electron chi connectivity index (χ2n) is 10.9. The summed E-state index contributed by atoms with van der Waals surface area (Å²) in [5.74, 6) is -0.544. The summed E-state index contributed by atoms with van der Waals surface area (Å²) in [5.41, 5.74) is 2.19. The lowest BCUT2D eigenvalue weighted by Crippen LogP contribution is -2.37. The zero-order chi connectivity index (χ0) is 39.3. The van der Waals surface area contributed by atoms with E-state index in [0.29, 0.717) is 34.9 Å². The molecule has 0 bridgehead atoms. The quantitative estimate of drug-likeness (QED) is 0.0444. The topological polar surface area (TPSA) is 162 Å². The fourth-order valence-corrected chi connectivity index (χ4v) is 7.05. The lowest BCUT2D eigenvalue weighted by Gasteiger charge is -2.05. The Morgan fingerprint density at radius 1 is 0.863 bits per heavy atom. The third kappa shape index (κ3) is 21.1. The van der Waals surface area contributed by atoms with Crippen molar-refractivity contribution in [2.24, 2.45) is 14.1 Å². The third-order valence-corrected chi connectivity index (χ3v) is 10.7. The average molecular weight is 787 g/mol. The lowest BCUT2D eigenvalue weighted by molar-refractivity contribution is -0.667. The molecule has 12 nitrogen and oxygen atoms in total. The molecule has 0 fully saturated rings. The van der Waals surface area contributed by atoms with Crippen LogP contribution in [0.3, 0.4) is 0 Å². The third-order valence-electron chi connectivity index (χ3n) is 6.64. The fraction of sp³-hybridized carbons (Fsp3) is 0.545. The van der Waals surface area contributed by atoms with Crippen LogP contribution in [0, 0.1) is 6.92 Å². The molecule has 0 atom stereocenters. The van der Waals surface area contributed by atoms with E-state index < -0.39 is 31.3 Å². The summed E-state index contributed by atoms with van der Waals surface area (Å²) in [6, 6.07) is 13.7. The molecule has 3 aromatic rings. The predicted molar refractivity (Wildman–Crippen MR) is 188 cm³/mol. The Bertz CT molecular complexity index is 1660. The van der Waals surface area contributed by atoms with E-state index in [1.807, 2.05) is 6.92 Å². The van der Waals surface area contributed by atoms with E-state index in [1.54, 1.807) is 48.5 Å². The molecule has 290 valence electrons. The number of benzene rings is 2. The van der Waals surface area contributed by atoms with Crippen molar-refractivity contribution in [2.75, 3.05) is 26.1 Å². The highest BCUT2D eigenvalue weighted by atomic mass is 33.1. The van der Waals surface area contributed by atoms with Crippen molar-refractivity contribution in [3.8, 4) is 0 Å². The molecular formula is C33H49F3N2O10S3. The van der Waals surface area contributed by atoms with Gasteiger partial charge in [0.15, 0.2) is 11.0 Å². The van der Waals surface area contributed by atoms with Gasteiger partial charge < -0.3 is 14.0 Å². The summed E-state index contributed by atoms with van der Waals surface area (Å²) in [6.07, 6.45) is 2.71. The number of aromatic nitrogens is 2. The molecule has 0 aliphatic carbocycles. The second kappa shape index (κ2) is 24.1. The first-order chi connectivity index (χ1) is 23.7. The Kier molecular flexibility index (Phi) is 22.6. The van der Waals surface area contributed by atoms with Crippen LogP contribution in [0.5, 0.6) is 0 Å². The van der Waals surface area contributed by atoms with E-state index in [4.69, 9.17) is 9.47 Å². The molecule has 0 aliphatic rings. The van der Waals surface area contributed by atoms with Gasteiger partial charge in [-0.05, 0) is 67.7 Å². The number of alkyl halides is 3. The van der Waals surface area contributed by atoms with Gasteiger partial charge in [0.1, 0.15) is 0 Å². The number of ether oxygens (including phenoxy) is 2. The summed E-state index contributed by atoms with van der Waals surface area (Å²) in [6.45, 7) is 7.91. The number of fused-ring (bicyclic) bond motifs is 1. The maximum Gasteiger partial charge on any atom is 0.495 e. The van der Waals surface area contributed by atoms with Crippen molar-refractivity contribution in [3.05, 3.63) is 59.9 Å². The van der Waals surface area contributed by atoms with Crippen LogP contribution in [0.15, 0.2) is 53.4 Å². The maximum absolute atomic E-state index is 12.7. The van der Waals surface area contributed by atoms with Gasteiger partial charge >= 0.3 is 23.9 Å². The number of imidazole rings is 1. The Labute approximate surface area is 302 Å². The Morgan fingerprint density at radius 2 is 1.35 bits per heavy atom. The normalized spacial score (nSPS) is 11.3. The minimum absolute atomic E-state index is 0.170. The molecule has 3 rings (SSSR count). The number of hydrogen-bond acceptors (Lipinski definition) is 11. The van der Waals surface area contributed by atoms with Crippen molar-refractivity contribution >= 4 is 53.0 Å². The monoisotopic (exact) mass is 786 g/mol. The number of aryl methyl sites for hydroxylation is 3. The molecule has 0 aliphatic heterocycles. The van der Waals surface area contributed by atoms with E-state index in [0.717, 1.165) is 58.3 Å². The fourth-order valence-electron chi connectivity index (χ4n) is 4.15. The molecule has 0 saturated heterocycles. The average Bonchev–Trinajstić information content (AvgIpc) is 3.30. The number of carbonyl (C=O) groups excluding carboxylic acids is 2. The van der Waals surface area contributed by atoms with Crippen LogP contribution in [-0.2, 0) is 62.8 Å². The first-order valence-electron chi connectivity index (χ1n) is 15.9. The standard InChI is InChI=1S/C14H20O4S2.C10H10F3N2.C8H16O2.CH4O4S/c1-12-6-8-14(9-7-12)20(16,17)19-11-5-3-4-10-18-13(2)15;1-14-7-5-3-4-6-8(7)15(2)9(14)10(11,12)13;1-3-4-5-6-7-10-8(2)9;1-5-6(2,3)4/h6-9H,3-5,10-11H2,1-2H3;3-6H,1-2H3;3-7H2,1-2H3;1H3,(H,2,3,4)/q;+1;;/p-1. The van der Waals surface area contributed by atoms with Gasteiger partial charge in [-0.1, -0.05) is 56.0 Å². The lowest BCUT2D eigenvalue weighted by atomic mass is 10.2. The van der Waals surface area contributed by atoms with E-state index >= 15 is 0 Å². The van der Waals surface area contributed by atoms with Crippen LogP contribution in [0.25, 0.3) is 11.0 Å². The predicted octanol–water partition coefficient (Wildman–Crippen LogP) is 6.39. The van der Waals surface area contributed by atoms with Crippen LogP contribution in [0.1, 0.15) is 77.1 Å². The van der Waals surface area contributed by atoms with Gasteiger partial charge in [-0.15, -0.1) is 0 Å². The number of hydrogen-bond donors (Lipinski definition) is 0. The van der Waals surface area contributed by atoms with Gasteiger partial charge in [-0.2, -0.15) is 13.2 Å². The van der Waals surface area contributed by atoms with Gasteiger partial charge in [-0.25, -0.2) is 26.0 Å². The molecule has 0 N–H and O–H groups in total. The number of halogens is 3. The molecule has 0 unspecified atom stereocenters. The molecule has 51 heavy (non-hydrogen) atoms. The smallest absolute Gasteiger partial charge is 0.495 e. The molecule has 0 radical (unpaired) electrons. The molecule has 1 heterocycles. The molecule has 0 amide bonds. The first kappa shape index (κ1) is 47.8. The van der Waals surface area contributed by atoms with Crippen LogP contribution in [0.4, 0.5) is 13.2 Å². The zero-order valence-corrected chi connectivity index (χ0v) is 32.5. The molecule has 0 saturated carbocycles. The summed E-state index contributed by atoms with van der Waals surface area (Å²) < 4.78 is 105. The van der Waals surface area contributed by atoms with Crippen LogP contribution in [0.2, 0.25) is 0 Å². The minimum atomic E-state index is -4.41. The van der Waals surface area contributed by atoms with Gasteiger partial charge in [0.25, 0.3) is 0 Å².